The molecule has 2 atom stereocenters. The maximum atomic E-state index is 14.8. The molecular weight excluding hydrogens is 298 g/mol. The molecule has 5 nitrogen and oxygen atoms in total. The highest BCUT2D eigenvalue weighted by Crippen LogP contribution is 2.28. The number of carbonyl (C=O) groups excluding carboxylic acids is 2. The summed E-state index contributed by atoms with van der Waals surface area (Å²) in [5.41, 5.74) is 6.89. The molecule has 1 aromatic rings. The molecule has 0 aliphatic heterocycles. The zero-order chi connectivity index (χ0) is 17.6. The number of nitrogen functional groups attached to an aromatic ring is 1. The molecule has 0 spiro atoms. The summed E-state index contributed by atoms with van der Waals surface area (Å²) in [6.07, 6.45) is -1.31. The van der Waals surface area contributed by atoms with E-state index in [1.165, 1.54) is 0 Å². The van der Waals surface area contributed by atoms with Gasteiger partial charge in [0, 0.05) is 11.6 Å². The van der Waals surface area contributed by atoms with Gasteiger partial charge in [0.15, 0.2) is 0 Å². The van der Waals surface area contributed by atoms with Crippen LogP contribution in [0.4, 0.5) is 10.1 Å². The molecule has 0 aromatic heterocycles. The van der Waals surface area contributed by atoms with Gasteiger partial charge in [-0.15, -0.1) is 0 Å². The number of nitrogens with two attached hydrogens (primary N) is 1. The summed E-state index contributed by atoms with van der Waals surface area (Å²) in [6, 6.07) is 5.12. The zero-order valence-corrected chi connectivity index (χ0v) is 13.9. The number of anilines is 1. The third kappa shape index (κ3) is 6.02. The summed E-state index contributed by atoms with van der Waals surface area (Å²) >= 11 is 0. The van der Waals surface area contributed by atoms with Crippen molar-refractivity contribution in [1.82, 2.24) is 5.23 Å². The number of hydrogen-bond donors (Lipinski definition) is 2. The zero-order valence-electron chi connectivity index (χ0n) is 13.9. The Kier molecular flexibility index (Phi) is 6.75. The minimum absolute atomic E-state index is 0.0729. The van der Waals surface area contributed by atoms with Crippen LogP contribution in [0.3, 0.4) is 0 Å². The van der Waals surface area contributed by atoms with E-state index < -0.39 is 23.7 Å². The maximum absolute atomic E-state index is 14.8. The normalized spacial score (nSPS) is 14.0. The predicted octanol–water partition coefficient (Wildman–Crippen LogP) is 1.74. The first-order valence-corrected chi connectivity index (χ1v) is 7.39. The lowest BCUT2D eigenvalue weighted by Crippen LogP contribution is -2.38. The lowest BCUT2D eigenvalue weighted by molar-refractivity contribution is -0.161. The van der Waals surface area contributed by atoms with Crippen LogP contribution in [0.2, 0.25) is 0 Å². The van der Waals surface area contributed by atoms with Gasteiger partial charge in [-0.25, -0.2) is 9.18 Å². The van der Waals surface area contributed by atoms with Crippen LogP contribution >= 0.6 is 0 Å². The Morgan fingerprint density at radius 2 is 2.13 bits per heavy atom. The Morgan fingerprint density at radius 3 is 2.70 bits per heavy atom. The summed E-state index contributed by atoms with van der Waals surface area (Å²) in [7, 11) is 1.16. The number of aryl methyl sites for hydroxylation is 1. The highest BCUT2D eigenvalue weighted by molar-refractivity contribution is 6.64. The molecule has 0 fully saturated rings. The van der Waals surface area contributed by atoms with Gasteiger partial charge < -0.3 is 20.5 Å². The van der Waals surface area contributed by atoms with Crippen LogP contribution < -0.4 is 11.0 Å². The molecule has 1 radical (unpaired) electrons. The van der Waals surface area contributed by atoms with E-state index in [2.05, 4.69) is 5.23 Å². The molecule has 0 amide bonds. The van der Waals surface area contributed by atoms with Crippen molar-refractivity contribution < 1.29 is 18.7 Å². The Bertz CT molecular complexity index is 561. The Balaban J connectivity index is 3.06. The topological polar surface area (TPSA) is 81.4 Å². The quantitative estimate of drug-likeness (QED) is 0.263. The van der Waals surface area contributed by atoms with Crippen LogP contribution in [0.5, 0.6) is 0 Å². The van der Waals surface area contributed by atoms with Crippen LogP contribution in [-0.4, -0.2) is 37.9 Å². The first-order valence-electron chi connectivity index (χ1n) is 7.39. The molecule has 125 valence electrons. The Hall–Kier alpha value is -1.89. The van der Waals surface area contributed by atoms with Gasteiger partial charge >= 0.3 is 5.97 Å². The van der Waals surface area contributed by atoms with Crippen LogP contribution in [0.25, 0.3) is 0 Å². The van der Waals surface area contributed by atoms with Crippen molar-refractivity contribution >= 4 is 25.3 Å². The van der Waals surface area contributed by atoms with Gasteiger partial charge in [0.1, 0.15) is 5.60 Å². The van der Waals surface area contributed by atoms with E-state index >= 15 is 0 Å². The smallest absolute Gasteiger partial charge is 0.341 e. The van der Waals surface area contributed by atoms with E-state index in [9.17, 15) is 14.0 Å². The van der Waals surface area contributed by atoms with Crippen molar-refractivity contribution in [2.45, 2.75) is 45.4 Å². The third-order valence-corrected chi connectivity index (χ3v) is 3.21. The van der Waals surface area contributed by atoms with E-state index in [-0.39, 0.29) is 6.54 Å². The lowest BCUT2D eigenvalue weighted by atomic mass is 9.87. The van der Waals surface area contributed by atoms with Crippen LogP contribution in [0.15, 0.2) is 18.2 Å². The fourth-order valence-electron chi connectivity index (χ4n) is 2.19. The average Bonchev–Trinajstić information content (AvgIpc) is 2.44. The highest BCUT2D eigenvalue weighted by atomic mass is 19.1. The first kappa shape index (κ1) is 19.2. The van der Waals surface area contributed by atoms with Gasteiger partial charge in [-0.3, -0.25) is 0 Å². The number of hydrogen-bond acceptors (Lipinski definition) is 5. The molecule has 0 heterocycles. The molecular formula is C16H23BFN2O3. The molecule has 1 rings (SSSR count). The summed E-state index contributed by atoms with van der Waals surface area (Å²) in [6.45, 7) is 6.92. The third-order valence-electron chi connectivity index (χ3n) is 3.21. The van der Waals surface area contributed by atoms with Crippen molar-refractivity contribution in [2.24, 2.45) is 0 Å². The second-order valence-corrected chi connectivity index (χ2v) is 6.37. The van der Waals surface area contributed by atoms with Crippen molar-refractivity contribution in [3.63, 3.8) is 0 Å². The number of nitrogens with one attached hydrogen (secondary N) is 1. The van der Waals surface area contributed by atoms with Crippen molar-refractivity contribution in [2.75, 3.05) is 12.3 Å². The minimum Gasteiger partial charge on any atom is -0.458 e. The van der Waals surface area contributed by atoms with Gasteiger partial charge in [0.05, 0.1) is 6.19 Å². The molecule has 0 saturated carbocycles. The second-order valence-electron chi connectivity index (χ2n) is 6.37. The number of halogens is 1. The molecule has 0 saturated heterocycles. The average molecular weight is 321 g/mol. The van der Waals surface area contributed by atoms with Crippen molar-refractivity contribution in [3.05, 3.63) is 29.3 Å². The lowest BCUT2D eigenvalue weighted by Gasteiger charge is -2.26. The standard InChI is InChI=1S/C16H23BFN2O3/c1-10-5-6-11(19)7-12(10)13(8-20-17-9-21)14(18)15(22)23-16(2,3)4/h5-7,9,13-14,20H,8,19H2,1-4H3. The van der Waals surface area contributed by atoms with Gasteiger partial charge in [0.25, 0.3) is 7.41 Å². The SMILES string of the molecule is Cc1ccc(N)cc1C(CN[B]C=O)C(F)C(=O)OC(C)(C)C. The Morgan fingerprint density at radius 1 is 1.48 bits per heavy atom. The number of rotatable bonds is 7. The molecule has 3 N–H and O–H groups in total. The molecule has 2 unspecified atom stereocenters. The van der Waals surface area contributed by atoms with Gasteiger partial charge in [-0.05, 0) is 57.5 Å². The molecule has 7 heteroatoms. The number of benzene rings is 1. The number of carbonyl (C=O) groups is 2. The summed E-state index contributed by atoms with van der Waals surface area (Å²) in [4.78, 5) is 22.5. The van der Waals surface area contributed by atoms with E-state index in [0.717, 1.165) is 13.0 Å². The van der Waals surface area contributed by atoms with E-state index in [4.69, 9.17) is 10.5 Å². The summed E-state index contributed by atoms with van der Waals surface area (Å²) in [5.74, 6) is -1.75. The molecule has 0 aliphatic carbocycles. The van der Waals surface area contributed by atoms with E-state index in [1.54, 1.807) is 39.0 Å². The fraction of sp³-hybridized carbons (Fsp3) is 0.500. The fourth-order valence-corrected chi connectivity index (χ4v) is 2.19. The van der Waals surface area contributed by atoms with Crippen LogP contribution in [-0.2, 0) is 14.3 Å². The number of ether oxygens (including phenoxy) is 1. The maximum Gasteiger partial charge on any atom is 0.341 e. The molecule has 0 bridgehead atoms. The van der Waals surface area contributed by atoms with Crippen LogP contribution in [0.1, 0.15) is 37.8 Å². The number of esters is 1. The molecule has 23 heavy (non-hydrogen) atoms. The number of alkyl halides is 1. The second kappa shape index (κ2) is 8.10. The summed E-state index contributed by atoms with van der Waals surface area (Å²) in [5, 5.41) is 2.70. The molecule has 0 aliphatic rings. The summed E-state index contributed by atoms with van der Waals surface area (Å²) < 4.78 is 19.9. The minimum atomic E-state index is -1.87. The van der Waals surface area contributed by atoms with Crippen molar-refractivity contribution in [3.8, 4) is 0 Å². The van der Waals surface area contributed by atoms with E-state index in [1.807, 2.05) is 6.92 Å². The van der Waals surface area contributed by atoms with Gasteiger partial charge in [0.2, 0.25) is 6.17 Å². The van der Waals surface area contributed by atoms with Gasteiger partial charge in [-0.1, -0.05) is 6.07 Å². The first-order chi connectivity index (χ1) is 10.7. The Labute approximate surface area is 137 Å². The highest BCUT2D eigenvalue weighted by Gasteiger charge is 2.34. The van der Waals surface area contributed by atoms with E-state index in [0.29, 0.717) is 17.4 Å². The predicted molar refractivity (Wildman–Crippen MR) is 89.6 cm³/mol. The van der Waals surface area contributed by atoms with Crippen molar-refractivity contribution in [1.29, 1.82) is 0 Å². The largest absolute Gasteiger partial charge is 0.458 e. The monoisotopic (exact) mass is 321 g/mol. The van der Waals surface area contributed by atoms with Gasteiger partial charge in [-0.2, -0.15) is 0 Å². The molecule has 1 aromatic carbocycles. The van der Waals surface area contributed by atoms with Crippen LogP contribution in [0, 0.1) is 6.92 Å².